The summed E-state index contributed by atoms with van der Waals surface area (Å²) in [7, 11) is 0. The van der Waals surface area contributed by atoms with Gasteiger partial charge < -0.3 is 10.6 Å². The lowest BCUT2D eigenvalue weighted by Gasteiger charge is -2.09. The Hall–Kier alpha value is -1.72. The number of anilines is 1. The zero-order valence-electron chi connectivity index (χ0n) is 10.2. The molecule has 6 heteroatoms. The Morgan fingerprint density at radius 3 is 2.72 bits per heavy atom. The van der Waals surface area contributed by atoms with Crippen LogP contribution in [0.1, 0.15) is 31.0 Å². The summed E-state index contributed by atoms with van der Waals surface area (Å²) in [4.78, 5) is 15.2. The van der Waals surface area contributed by atoms with E-state index in [1.807, 2.05) is 6.92 Å². The van der Waals surface area contributed by atoms with Gasteiger partial charge >= 0.3 is 6.03 Å². The van der Waals surface area contributed by atoms with E-state index < -0.39 is 6.43 Å². The largest absolute Gasteiger partial charge is 0.335 e. The summed E-state index contributed by atoms with van der Waals surface area (Å²) in [6.07, 6.45) is -0.375. The molecule has 1 aromatic heterocycles. The van der Waals surface area contributed by atoms with Gasteiger partial charge in [-0.2, -0.15) is 0 Å². The molecular weight excluding hydrogens is 240 g/mol. The number of amides is 2. The fraction of sp³-hybridized carbons (Fsp3) is 0.500. The summed E-state index contributed by atoms with van der Waals surface area (Å²) in [6.45, 7) is 3.59. The summed E-state index contributed by atoms with van der Waals surface area (Å²) in [6, 6.07) is 1.39. The third kappa shape index (κ3) is 2.94. The molecule has 1 fully saturated rings. The van der Waals surface area contributed by atoms with Crippen LogP contribution in [0.5, 0.6) is 0 Å². The predicted octanol–water partition coefficient (Wildman–Crippen LogP) is 2.86. The molecule has 0 saturated heterocycles. The van der Waals surface area contributed by atoms with E-state index in [0.29, 0.717) is 17.2 Å². The first-order valence-electron chi connectivity index (χ1n) is 5.79. The SMILES string of the molecule is Cc1cc(NC(=O)N[C@@H]2C[C@H]2C)cnc1C(F)F. The standard InChI is InChI=1S/C12H15F2N3O/c1-6-4-9(6)17-12(18)16-8-3-7(2)10(11(13)14)15-5-8/h3,5-6,9,11H,4H2,1-2H3,(H2,16,17,18)/t6-,9-/m1/s1. The van der Waals surface area contributed by atoms with Gasteiger partial charge in [0.25, 0.3) is 6.43 Å². The van der Waals surface area contributed by atoms with Gasteiger partial charge in [-0.15, -0.1) is 0 Å². The highest BCUT2D eigenvalue weighted by atomic mass is 19.3. The first-order chi connectivity index (χ1) is 8.47. The molecule has 1 aliphatic rings. The van der Waals surface area contributed by atoms with Crippen LogP contribution in [0.25, 0.3) is 0 Å². The highest BCUT2D eigenvalue weighted by Gasteiger charge is 2.33. The molecule has 18 heavy (non-hydrogen) atoms. The molecule has 2 amide bonds. The molecular formula is C12H15F2N3O. The Labute approximate surface area is 104 Å². The molecule has 2 N–H and O–H groups in total. The molecule has 2 atom stereocenters. The van der Waals surface area contributed by atoms with Crippen molar-refractivity contribution in [3.05, 3.63) is 23.5 Å². The quantitative estimate of drug-likeness (QED) is 0.872. The average molecular weight is 255 g/mol. The zero-order valence-corrected chi connectivity index (χ0v) is 10.2. The van der Waals surface area contributed by atoms with E-state index in [0.717, 1.165) is 6.42 Å². The fourth-order valence-electron chi connectivity index (χ4n) is 1.74. The number of nitrogens with one attached hydrogen (secondary N) is 2. The third-order valence-corrected chi connectivity index (χ3v) is 3.01. The number of hydrogen-bond acceptors (Lipinski definition) is 2. The van der Waals surface area contributed by atoms with Crippen LogP contribution in [-0.4, -0.2) is 17.1 Å². The first kappa shape index (κ1) is 12.7. The molecule has 0 radical (unpaired) electrons. The van der Waals surface area contributed by atoms with E-state index in [1.165, 1.54) is 12.3 Å². The molecule has 1 saturated carbocycles. The van der Waals surface area contributed by atoms with Crippen LogP contribution < -0.4 is 10.6 Å². The number of urea groups is 1. The lowest BCUT2D eigenvalue weighted by atomic mass is 10.2. The van der Waals surface area contributed by atoms with Crippen molar-refractivity contribution in [3.63, 3.8) is 0 Å². The van der Waals surface area contributed by atoms with Gasteiger partial charge in [-0.25, -0.2) is 13.6 Å². The van der Waals surface area contributed by atoms with Crippen LogP contribution in [0, 0.1) is 12.8 Å². The van der Waals surface area contributed by atoms with E-state index in [2.05, 4.69) is 15.6 Å². The topological polar surface area (TPSA) is 54.0 Å². The lowest BCUT2D eigenvalue weighted by Crippen LogP contribution is -2.31. The van der Waals surface area contributed by atoms with Crippen LogP contribution in [-0.2, 0) is 0 Å². The third-order valence-electron chi connectivity index (χ3n) is 3.01. The first-order valence-corrected chi connectivity index (χ1v) is 5.79. The van der Waals surface area contributed by atoms with Crippen LogP contribution in [0.3, 0.4) is 0 Å². The molecule has 2 rings (SSSR count). The van der Waals surface area contributed by atoms with Gasteiger partial charge in [-0.3, -0.25) is 4.98 Å². The second kappa shape index (κ2) is 4.88. The number of nitrogens with zero attached hydrogens (tertiary/aromatic N) is 1. The second-order valence-electron chi connectivity index (χ2n) is 4.64. The zero-order chi connectivity index (χ0) is 13.3. The van der Waals surface area contributed by atoms with Crippen LogP contribution in [0.2, 0.25) is 0 Å². The van der Waals surface area contributed by atoms with Crippen LogP contribution >= 0.6 is 0 Å². The number of pyridine rings is 1. The molecule has 0 spiro atoms. The minimum atomic E-state index is -2.60. The average Bonchev–Trinajstić information content (AvgIpc) is 2.93. The van der Waals surface area contributed by atoms with Gasteiger partial charge in [0.15, 0.2) is 0 Å². The summed E-state index contributed by atoms with van der Waals surface area (Å²) in [5.41, 5.74) is 0.530. The Kier molecular flexibility index (Phi) is 3.45. The van der Waals surface area contributed by atoms with Gasteiger partial charge in [0.05, 0.1) is 11.9 Å². The molecule has 1 aliphatic carbocycles. The summed E-state index contributed by atoms with van der Waals surface area (Å²) in [5.74, 6) is 0.511. The molecule has 0 aliphatic heterocycles. The normalized spacial score (nSPS) is 21.8. The number of carbonyl (C=O) groups excluding carboxylic acids is 1. The summed E-state index contributed by atoms with van der Waals surface area (Å²) < 4.78 is 25.0. The Bertz CT molecular complexity index is 465. The Balaban J connectivity index is 1.97. The molecule has 1 aromatic rings. The molecule has 4 nitrogen and oxygen atoms in total. The molecule has 0 unspecified atom stereocenters. The Morgan fingerprint density at radius 2 is 2.22 bits per heavy atom. The van der Waals surface area contributed by atoms with Gasteiger partial charge in [-0.05, 0) is 30.9 Å². The lowest BCUT2D eigenvalue weighted by molar-refractivity contribution is 0.145. The predicted molar refractivity (Wildman–Crippen MR) is 63.7 cm³/mol. The van der Waals surface area contributed by atoms with E-state index in [9.17, 15) is 13.6 Å². The highest BCUT2D eigenvalue weighted by molar-refractivity contribution is 5.89. The molecule has 1 heterocycles. The number of rotatable bonds is 3. The maximum Gasteiger partial charge on any atom is 0.319 e. The van der Waals surface area contributed by atoms with Crippen LogP contribution in [0.15, 0.2) is 12.3 Å². The van der Waals surface area contributed by atoms with Crippen molar-refractivity contribution in [2.75, 3.05) is 5.32 Å². The number of aryl methyl sites for hydroxylation is 1. The molecule has 0 aromatic carbocycles. The van der Waals surface area contributed by atoms with E-state index in [-0.39, 0.29) is 17.8 Å². The minimum absolute atomic E-state index is 0.222. The highest BCUT2D eigenvalue weighted by Crippen LogP contribution is 2.29. The van der Waals surface area contributed by atoms with Gasteiger partial charge in [0.1, 0.15) is 5.69 Å². The van der Waals surface area contributed by atoms with Crippen molar-refractivity contribution in [1.82, 2.24) is 10.3 Å². The van der Waals surface area contributed by atoms with Crippen molar-refractivity contribution in [1.29, 1.82) is 0 Å². The smallest absolute Gasteiger partial charge is 0.319 e. The second-order valence-corrected chi connectivity index (χ2v) is 4.64. The minimum Gasteiger partial charge on any atom is -0.335 e. The van der Waals surface area contributed by atoms with Gasteiger partial charge in [0, 0.05) is 6.04 Å². The maximum absolute atomic E-state index is 12.5. The maximum atomic E-state index is 12.5. The Morgan fingerprint density at radius 1 is 1.56 bits per heavy atom. The van der Waals surface area contributed by atoms with E-state index in [1.54, 1.807) is 6.92 Å². The van der Waals surface area contributed by atoms with E-state index in [4.69, 9.17) is 0 Å². The van der Waals surface area contributed by atoms with E-state index >= 15 is 0 Å². The van der Waals surface area contributed by atoms with Crippen molar-refractivity contribution >= 4 is 11.7 Å². The van der Waals surface area contributed by atoms with Gasteiger partial charge in [0.2, 0.25) is 0 Å². The van der Waals surface area contributed by atoms with Crippen molar-refractivity contribution in [3.8, 4) is 0 Å². The van der Waals surface area contributed by atoms with Crippen molar-refractivity contribution < 1.29 is 13.6 Å². The number of hydrogen-bond donors (Lipinski definition) is 2. The van der Waals surface area contributed by atoms with Crippen molar-refractivity contribution in [2.24, 2.45) is 5.92 Å². The number of halogens is 2. The molecule has 98 valence electrons. The summed E-state index contributed by atoms with van der Waals surface area (Å²) >= 11 is 0. The van der Waals surface area contributed by atoms with Gasteiger partial charge in [-0.1, -0.05) is 6.92 Å². The monoisotopic (exact) mass is 255 g/mol. The summed E-state index contributed by atoms with van der Waals surface area (Å²) in [5, 5.41) is 5.37. The number of carbonyl (C=O) groups is 1. The fourth-order valence-corrected chi connectivity index (χ4v) is 1.74. The number of alkyl halides is 2. The molecule has 0 bridgehead atoms. The van der Waals surface area contributed by atoms with Crippen LogP contribution in [0.4, 0.5) is 19.3 Å². The number of aromatic nitrogens is 1. The van der Waals surface area contributed by atoms with Crippen molar-refractivity contribution in [2.45, 2.75) is 32.7 Å².